The van der Waals surface area contributed by atoms with Gasteiger partial charge in [0.05, 0.1) is 5.92 Å². The molecule has 1 aromatic heterocycles. The minimum Gasteiger partial charge on any atom is -0.481 e. The number of rotatable bonds is 1. The molecule has 1 fully saturated rings. The lowest BCUT2D eigenvalue weighted by Crippen LogP contribution is -2.31. The van der Waals surface area contributed by atoms with Crippen LogP contribution in [0.3, 0.4) is 0 Å². The number of nitrogens with one attached hydrogen (secondary N) is 1. The highest BCUT2D eigenvalue weighted by atomic mass is 16.4. The van der Waals surface area contributed by atoms with Gasteiger partial charge < -0.3 is 10.4 Å². The Kier molecular flexibility index (Phi) is 5.24. The lowest BCUT2D eigenvalue weighted by atomic mass is 9.99. The second kappa shape index (κ2) is 6.83. The van der Waals surface area contributed by atoms with Gasteiger partial charge in [-0.25, -0.2) is 15.0 Å². The first-order chi connectivity index (χ1) is 7.30. The number of hydrogen-bond acceptors (Lipinski definition) is 5. The van der Waals surface area contributed by atoms with Crippen LogP contribution in [0.15, 0.2) is 19.0 Å². The van der Waals surface area contributed by atoms with E-state index in [-0.39, 0.29) is 5.92 Å². The van der Waals surface area contributed by atoms with Crippen LogP contribution in [0, 0.1) is 5.92 Å². The molecule has 1 aromatic rings. The minimum absolute atomic E-state index is 0.0914. The quantitative estimate of drug-likeness (QED) is 0.675. The summed E-state index contributed by atoms with van der Waals surface area (Å²) in [5.74, 6) is -0.734. The number of carboxylic acid groups (broad SMARTS) is 1. The van der Waals surface area contributed by atoms with Crippen molar-refractivity contribution in [1.29, 1.82) is 0 Å². The Hall–Kier alpha value is -1.56. The molecule has 0 unspecified atom stereocenters. The average Bonchev–Trinajstić information content (AvgIpc) is 2.33. The van der Waals surface area contributed by atoms with E-state index < -0.39 is 5.97 Å². The summed E-state index contributed by atoms with van der Waals surface area (Å²) in [4.78, 5) is 21.0. The van der Waals surface area contributed by atoms with E-state index in [9.17, 15) is 4.79 Å². The van der Waals surface area contributed by atoms with E-state index in [2.05, 4.69) is 20.3 Å². The van der Waals surface area contributed by atoms with Gasteiger partial charge >= 0.3 is 5.97 Å². The molecule has 0 radical (unpaired) electrons. The van der Waals surface area contributed by atoms with Gasteiger partial charge in [0.15, 0.2) is 0 Å². The second-order valence-corrected chi connectivity index (χ2v) is 3.16. The van der Waals surface area contributed by atoms with Gasteiger partial charge in [0.2, 0.25) is 0 Å². The number of piperidine rings is 1. The van der Waals surface area contributed by atoms with Crippen LogP contribution in [0.4, 0.5) is 0 Å². The molecule has 2 heterocycles. The molecule has 2 rings (SSSR count). The van der Waals surface area contributed by atoms with Crippen LogP contribution in [0.25, 0.3) is 0 Å². The van der Waals surface area contributed by atoms with Crippen LogP contribution in [0.5, 0.6) is 0 Å². The van der Waals surface area contributed by atoms with Crippen molar-refractivity contribution in [3.05, 3.63) is 19.0 Å². The van der Waals surface area contributed by atoms with E-state index in [1.807, 2.05) is 0 Å². The monoisotopic (exact) mass is 210 g/mol. The van der Waals surface area contributed by atoms with E-state index in [1.165, 1.54) is 19.0 Å². The van der Waals surface area contributed by atoms with E-state index in [0.29, 0.717) is 0 Å². The van der Waals surface area contributed by atoms with Crippen LogP contribution in [0.2, 0.25) is 0 Å². The standard InChI is InChI=1S/C6H11NO2.C3H3N3/c8-6(9)5-1-3-7-4-2-5;1-4-2-6-3-5-1/h5,7H,1-4H2,(H,8,9);1-3H. The molecule has 0 atom stereocenters. The van der Waals surface area contributed by atoms with Crippen molar-refractivity contribution in [3.8, 4) is 0 Å². The molecule has 0 amide bonds. The predicted molar refractivity (Wildman–Crippen MR) is 53.1 cm³/mol. The maximum Gasteiger partial charge on any atom is 0.306 e. The summed E-state index contributed by atoms with van der Waals surface area (Å²) < 4.78 is 0. The molecule has 1 aliphatic heterocycles. The van der Waals surface area contributed by atoms with Gasteiger partial charge in [-0.05, 0) is 25.9 Å². The molecule has 1 saturated heterocycles. The fourth-order valence-electron chi connectivity index (χ4n) is 1.27. The predicted octanol–water partition coefficient (Wildman–Crippen LogP) is -0.0578. The summed E-state index contributed by atoms with van der Waals surface area (Å²) in [6.45, 7) is 1.72. The van der Waals surface area contributed by atoms with E-state index >= 15 is 0 Å². The first-order valence-corrected chi connectivity index (χ1v) is 4.79. The number of aromatic nitrogens is 3. The summed E-state index contributed by atoms with van der Waals surface area (Å²) in [5, 5.41) is 11.6. The van der Waals surface area contributed by atoms with E-state index in [1.54, 1.807) is 0 Å². The largest absolute Gasteiger partial charge is 0.481 e. The first-order valence-electron chi connectivity index (χ1n) is 4.79. The highest BCUT2D eigenvalue weighted by Crippen LogP contribution is 2.10. The lowest BCUT2D eigenvalue weighted by molar-refractivity contribution is -0.142. The third kappa shape index (κ3) is 5.02. The zero-order valence-corrected chi connectivity index (χ0v) is 8.33. The van der Waals surface area contributed by atoms with Gasteiger partial charge in [-0.2, -0.15) is 0 Å². The second-order valence-electron chi connectivity index (χ2n) is 3.16. The summed E-state index contributed by atoms with van der Waals surface area (Å²) in [6.07, 6.45) is 5.89. The van der Waals surface area contributed by atoms with Crippen molar-refractivity contribution in [1.82, 2.24) is 20.3 Å². The van der Waals surface area contributed by atoms with Crippen molar-refractivity contribution in [3.63, 3.8) is 0 Å². The number of carboxylic acids is 1. The van der Waals surface area contributed by atoms with E-state index in [0.717, 1.165) is 25.9 Å². The van der Waals surface area contributed by atoms with Crippen LogP contribution < -0.4 is 5.32 Å². The van der Waals surface area contributed by atoms with Gasteiger partial charge in [0.25, 0.3) is 0 Å². The fraction of sp³-hybridized carbons (Fsp3) is 0.556. The van der Waals surface area contributed by atoms with Crippen LogP contribution in [-0.2, 0) is 4.79 Å². The molecule has 15 heavy (non-hydrogen) atoms. The molecule has 1 aliphatic rings. The fourth-order valence-corrected chi connectivity index (χ4v) is 1.27. The smallest absolute Gasteiger partial charge is 0.306 e. The molecule has 0 bridgehead atoms. The van der Waals surface area contributed by atoms with Gasteiger partial charge in [-0.15, -0.1) is 0 Å². The molecule has 0 aliphatic carbocycles. The molecule has 82 valence electrons. The number of carbonyl (C=O) groups is 1. The van der Waals surface area contributed by atoms with Crippen molar-refractivity contribution in [2.45, 2.75) is 12.8 Å². The highest BCUT2D eigenvalue weighted by Gasteiger charge is 2.18. The maximum atomic E-state index is 10.3. The van der Waals surface area contributed by atoms with Crippen LogP contribution in [-0.4, -0.2) is 39.1 Å². The SMILES string of the molecule is O=C(O)C1CCNCC1.c1ncncn1. The van der Waals surface area contributed by atoms with Gasteiger partial charge in [0, 0.05) is 0 Å². The Morgan fingerprint density at radius 1 is 1.13 bits per heavy atom. The third-order valence-corrected chi connectivity index (χ3v) is 2.09. The number of aliphatic carboxylic acids is 1. The van der Waals surface area contributed by atoms with Crippen molar-refractivity contribution >= 4 is 5.97 Å². The Labute approximate surface area is 87.8 Å². The lowest BCUT2D eigenvalue weighted by Gasteiger charge is -2.17. The zero-order chi connectivity index (χ0) is 10.9. The van der Waals surface area contributed by atoms with Crippen LogP contribution in [0.1, 0.15) is 12.8 Å². The van der Waals surface area contributed by atoms with E-state index in [4.69, 9.17) is 5.11 Å². The maximum absolute atomic E-state index is 10.3. The minimum atomic E-state index is -0.642. The van der Waals surface area contributed by atoms with Crippen molar-refractivity contribution in [2.75, 3.05) is 13.1 Å². The molecule has 2 N–H and O–H groups in total. The van der Waals surface area contributed by atoms with Crippen molar-refractivity contribution < 1.29 is 9.90 Å². The van der Waals surface area contributed by atoms with Gasteiger partial charge in [-0.3, -0.25) is 4.79 Å². The molecule has 6 heteroatoms. The molecule has 0 spiro atoms. The Morgan fingerprint density at radius 3 is 1.87 bits per heavy atom. The Balaban J connectivity index is 0.000000162. The summed E-state index contributed by atoms with van der Waals surface area (Å²) in [6, 6.07) is 0. The van der Waals surface area contributed by atoms with Gasteiger partial charge in [0.1, 0.15) is 19.0 Å². The Morgan fingerprint density at radius 2 is 1.60 bits per heavy atom. The highest BCUT2D eigenvalue weighted by molar-refractivity contribution is 5.70. The van der Waals surface area contributed by atoms with Crippen molar-refractivity contribution in [2.24, 2.45) is 5.92 Å². The average molecular weight is 210 g/mol. The van der Waals surface area contributed by atoms with Gasteiger partial charge in [-0.1, -0.05) is 0 Å². The summed E-state index contributed by atoms with van der Waals surface area (Å²) >= 11 is 0. The molecular weight excluding hydrogens is 196 g/mol. The number of nitrogens with zero attached hydrogens (tertiary/aromatic N) is 3. The topological polar surface area (TPSA) is 88.0 Å². The normalized spacial score (nSPS) is 16.3. The molecule has 0 saturated carbocycles. The summed E-state index contributed by atoms with van der Waals surface area (Å²) in [5.41, 5.74) is 0. The molecule has 0 aromatic carbocycles. The summed E-state index contributed by atoms with van der Waals surface area (Å²) in [7, 11) is 0. The third-order valence-electron chi connectivity index (χ3n) is 2.09. The zero-order valence-electron chi connectivity index (χ0n) is 8.33. The van der Waals surface area contributed by atoms with Crippen LogP contribution >= 0.6 is 0 Å². The Bertz CT molecular complexity index is 248. The first kappa shape index (κ1) is 11.5. The molecule has 6 nitrogen and oxygen atoms in total. The molecular formula is C9H14N4O2. The number of hydrogen-bond donors (Lipinski definition) is 2.